The number of likely N-dealkylation sites (tertiary alicyclic amines) is 1. The van der Waals surface area contributed by atoms with Gasteiger partial charge in [-0.05, 0) is 18.2 Å². The number of alkyl halides is 3. The number of aryl methyl sites for hydroxylation is 1. The minimum atomic E-state index is -4.49. The minimum Gasteiger partial charge on any atom is -0.489 e. The molecule has 0 atom stereocenters. The van der Waals surface area contributed by atoms with Gasteiger partial charge in [-0.15, -0.1) is 0 Å². The highest BCUT2D eigenvalue weighted by atomic mass is 35.5. The molecule has 2 heterocycles. The standard InChI is InChI=1S/C19H19ClF3N3O4/c1-25-17(27)9-14(10-24-25)29-11-18(28)26-6-4-13(5-7-26)30-16-8-12(19(21,22)23)2-3-15(16)20/h2-3,8-10,13H,4-7,11H2,1H3. The fraction of sp³-hybridized carbons (Fsp3) is 0.421. The number of hydrogen-bond donors (Lipinski definition) is 0. The van der Waals surface area contributed by atoms with Gasteiger partial charge in [0.05, 0.1) is 16.8 Å². The van der Waals surface area contributed by atoms with E-state index in [1.807, 2.05) is 0 Å². The second kappa shape index (κ2) is 8.95. The third-order valence-electron chi connectivity index (χ3n) is 4.65. The van der Waals surface area contributed by atoms with Gasteiger partial charge >= 0.3 is 6.18 Å². The molecule has 0 bridgehead atoms. The van der Waals surface area contributed by atoms with Gasteiger partial charge < -0.3 is 14.4 Å². The summed E-state index contributed by atoms with van der Waals surface area (Å²) in [7, 11) is 1.50. The molecule has 1 aliphatic heterocycles. The molecule has 0 aliphatic carbocycles. The zero-order chi connectivity index (χ0) is 21.9. The number of aromatic nitrogens is 2. The van der Waals surface area contributed by atoms with Crippen molar-refractivity contribution < 1.29 is 27.4 Å². The molecule has 0 unspecified atom stereocenters. The topological polar surface area (TPSA) is 73.7 Å². The molecule has 3 rings (SSSR count). The lowest BCUT2D eigenvalue weighted by atomic mass is 10.1. The number of piperidine rings is 1. The van der Waals surface area contributed by atoms with Crippen molar-refractivity contribution in [3.8, 4) is 11.5 Å². The Kier molecular flexibility index (Phi) is 6.55. The summed E-state index contributed by atoms with van der Waals surface area (Å²) in [5.41, 5.74) is -1.19. The maximum atomic E-state index is 12.9. The number of benzene rings is 1. The minimum absolute atomic E-state index is 0.0299. The van der Waals surface area contributed by atoms with Gasteiger partial charge in [0, 0.05) is 39.0 Å². The lowest BCUT2D eigenvalue weighted by molar-refractivity contribution is -0.138. The van der Waals surface area contributed by atoms with Gasteiger partial charge in [0.15, 0.2) is 6.61 Å². The lowest BCUT2D eigenvalue weighted by Gasteiger charge is -2.32. The maximum Gasteiger partial charge on any atom is 0.416 e. The average Bonchev–Trinajstić information content (AvgIpc) is 2.70. The van der Waals surface area contributed by atoms with E-state index in [9.17, 15) is 22.8 Å². The summed E-state index contributed by atoms with van der Waals surface area (Å²) in [6.45, 7) is 0.469. The number of carbonyl (C=O) groups is 1. The second-order valence-corrected chi connectivity index (χ2v) is 7.19. The summed E-state index contributed by atoms with van der Waals surface area (Å²) < 4.78 is 50.7. The number of hydrogen-bond acceptors (Lipinski definition) is 5. The molecule has 7 nitrogen and oxygen atoms in total. The highest BCUT2D eigenvalue weighted by Crippen LogP contribution is 2.36. The number of carbonyl (C=O) groups excluding carboxylic acids is 1. The highest BCUT2D eigenvalue weighted by Gasteiger charge is 2.32. The van der Waals surface area contributed by atoms with E-state index in [0.717, 1.165) is 22.9 Å². The molecule has 1 aliphatic rings. The highest BCUT2D eigenvalue weighted by molar-refractivity contribution is 6.32. The van der Waals surface area contributed by atoms with E-state index < -0.39 is 11.7 Å². The van der Waals surface area contributed by atoms with E-state index >= 15 is 0 Å². The van der Waals surface area contributed by atoms with E-state index in [-0.39, 0.29) is 40.7 Å². The van der Waals surface area contributed by atoms with Crippen molar-refractivity contribution in [2.24, 2.45) is 7.05 Å². The van der Waals surface area contributed by atoms with E-state index in [0.29, 0.717) is 25.9 Å². The molecule has 11 heteroatoms. The van der Waals surface area contributed by atoms with Gasteiger partial charge in [-0.2, -0.15) is 18.3 Å². The molecule has 1 amide bonds. The van der Waals surface area contributed by atoms with E-state index in [1.165, 1.54) is 19.3 Å². The van der Waals surface area contributed by atoms with Crippen LogP contribution < -0.4 is 15.0 Å². The lowest BCUT2D eigenvalue weighted by Crippen LogP contribution is -2.43. The van der Waals surface area contributed by atoms with Crippen LogP contribution in [0.15, 0.2) is 35.3 Å². The van der Waals surface area contributed by atoms with Crippen molar-refractivity contribution in [2.45, 2.75) is 25.1 Å². The van der Waals surface area contributed by atoms with Crippen molar-refractivity contribution in [1.82, 2.24) is 14.7 Å². The van der Waals surface area contributed by atoms with Crippen LogP contribution in [0.1, 0.15) is 18.4 Å². The third-order valence-corrected chi connectivity index (χ3v) is 4.96. The van der Waals surface area contributed by atoms with Crippen LogP contribution in [-0.2, 0) is 18.0 Å². The Morgan fingerprint density at radius 2 is 1.97 bits per heavy atom. The number of halogens is 4. The van der Waals surface area contributed by atoms with Gasteiger partial charge in [0.1, 0.15) is 17.6 Å². The maximum absolute atomic E-state index is 12.9. The van der Waals surface area contributed by atoms with Crippen molar-refractivity contribution in [2.75, 3.05) is 19.7 Å². The van der Waals surface area contributed by atoms with E-state index in [2.05, 4.69) is 5.10 Å². The molecule has 1 aromatic carbocycles. The van der Waals surface area contributed by atoms with Crippen LogP contribution in [0.3, 0.4) is 0 Å². The molecule has 1 saturated heterocycles. The van der Waals surface area contributed by atoms with Crippen LogP contribution in [0.25, 0.3) is 0 Å². The van der Waals surface area contributed by atoms with Crippen molar-refractivity contribution >= 4 is 17.5 Å². The molecule has 0 N–H and O–H groups in total. The Morgan fingerprint density at radius 1 is 1.27 bits per heavy atom. The van der Waals surface area contributed by atoms with Crippen molar-refractivity contribution in [1.29, 1.82) is 0 Å². The molecule has 0 spiro atoms. The molecule has 2 aromatic rings. The first-order chi connectivity index (χ1) is 14.1. The predicted molar refractivity (Wildman–Crippen MR) is 102 cm³/mol. The van der Waals surface area contributed by atoms with Crippen LogP contribution in [0.5, 0.6) is 11.5 Å². The fourth-order valence-corrected chi connectivity index (χ4v) is 3.10. The first kappa shape index (κ1) is 21.9. The van der Waals surface area contributed by atoms with Gasteiger partial charge in [-0.25, -0.2) is 4.68 Å². The second-order valence-electron chi connectivity index (χ2n) is 6.78. The number of nitrogens with zero attached hydrogens (tertiary/aromatic N) is 3. The molecule has 30 heavy (non-hydrogen) atoms. The van der Waals surface area contributed by atoms with Gasteiger partial charge in [-0.1, -0.05) is 11.6 Å². The van der Waals surface area contributed by atoms with Gasteiger partial charge in [0.2, 0.25) is 0 Å². The van der Waals surface area contributed by atoms with Gasteiger partial charge in [0.25, 0.3) is 11.5 Å². The Balaban J connectivity index is 1.51. The van der Waals surface area contributed by atoms with E-state index in [4.69, 9.17) is 21.1 Å². The Bertz CT molecular complexity index is 972. The molecular weight excluding hydrogens is 427 g/mol. The summed E-state index contributed by atoms with van der Waals surface area (Å²) in [5.74, 6) is -0.104. The van der Waals surface area contributed by atoms with Crippen LogP contribution in [-0.4, -0.2) is 46.4 Å². The van der Waals surface area contributed by atoms with E-state index in [1.54, 1.807) is 4.90 Å². The summed E-state index contributed by atoms with van der Waals surface area (Å²) >= 11 is 5.96. The summed E-state index contributed by atoms with van der Waals surface area (Å²) in [5, 5.41) is 3.90. The third kappa shape index (κ3) is 5.44. The molecule has 0 saturated carbocycles. The SMILES string of the molecule is Cn1ncc(OCC(=O)N2CCC(Oc3cc(C(F)(F)F)ccc3Cl)CC2)cc1=O. The normalized spacial score (nSPS) is 15.2. The monoisotopic (exact) mass is 445 g/mol. The van der Waals surface area contributed by atoms with Gasteiger partial charge in [-0.3, -0.25) is 9.59 Å². The molecular formula is C19H19ClF3N3O4. The smallest absolute Gasteiger partial charge is 0.416 e. The summed E-state index contributed by atoms with van der Waals surface area (Å²) in [6, 6.07) is 4.17. The first-order valence-corrected chi connectivity index (χ1v) is 9.48. The molecule has 1 aromatic heterocycles. The van der Waals surface area contributed by atoms with Crippen LogP contribution in [0, 0.1) is 0 Å². The summed E-state index contributed by atoms with van der Waals surface area (Å²) in [6.07, 6.45) is -2.64. The molecule has 162 valence electrons. The predicted octanol–water partition coefficient (Wildman–Crippen LogP) is 2.90. The fourth-order valence-electron chi connectivity index (χ4n) is 2.94. The first-order valence-electron chi connectivity index (χ1n) is 9.11. The molecule has 1 fully saturated rings. The zero-order valence-electron chi connectivity index (χ0n) is 16.0. The van der Waals surface area contributed by atoms with Crippen LogP contribution >= 0.6 is 11.6 Å². The van der Waals surface area contributed by atoms with Crippen molar-refractivity contribution in [3.05, 3.63) is 51.4 Å². The van der Waals surface area contributed by atoms with Crippen LogP contribution in [0.2, 0.25) is 5.02 Å². The quantitative estimate of drug-likeness (QED) is 0.707. The average molecular weight is 446 g/mol. The Hall–Kier alpha value is -2.75. The Labute approximate surface area is 174 Å². The number of ether oxygens (including phenoxy) is 2. The zero-order valence-corrected chi connectivity index (χ0v) is 16.7. The van der Waals surface area contributed by atoms with Crippen LogP contribution in [0.4, 0.5) is 13.2 Å². The Morgan fingerprint density at radius 3 is 2.60 bits per heavy atom. The molecule has 0 radical (unpaired) electrons. The summed E-state index contributed by atoms with van der Waals surface area (Å²) in [4.78, 5) is 25.4. The van der Waals surface area contributed by atoms with Crippen molar-refractivity contribution in [3.63, 3.8) is 0 Å². The largest absolute Gasteiger partial charge is 0.489 e. The number of amides is 1. The number of rotatable bonds is 5.